The molecule has 0 radical (unpaired) electrons. The van der Waals surface area contributed by atoms with Crippen LogP contribution in [-0.4, -0.2) is 11.0 Å². The maximum absolute atomic E-state index is 12.4. The third-order valence-electron chi connectivity index (χ3n) is 4.00. The van der Waals surface area contributed by atoms with Gasteiger partial charge in [-0.2, -0.15) is 0 Å². The van der Waals surface area contributed by atoms with Crippen molar-refractivity contribution in [3.05, 3.63) is 95.6 Å². The number of ether oxygens (including phenoxy) is 1. The molecule has 2 N–H and O–H groups in total. The molecule has 0 bridgehead atoms. The van der Waals surface area contributed by atoms with E-state index in [1.807, 2.05) is 36.4 Å². The summed E-state index contributed by atoms with van der Waals surface area (Å²) in [6.07, 6.45) is -0.529. The SMILES string of the molecule is C[C@@H](O)c1ccc(NC(=O)c2cccc(OCc3ccccc3)c2)cc1. The van der Waals surface area contributed by atoms with Gasteiger partial charge in [-0.25, -0.2) is 0 Å². The smallest absolute Gasteiger partial charge is 0.255 e. The van der Waals surface area contributed by atoms with E-state index in [2.05, 4.69) is 5.32 Å². The minimum atomic E-state index is -0.529. The maximum atomic E-state index is 12.4. The number of benzene rings is 3. The molecule has 3 rings (SSSR count). The van der Waals surface area contributed by atoms with Crippen LogP contribution in [0.1, 0.15) is 34.5 Å². The summed E-state index contributed by atoms with van der Waals surface area (Å²) in [5.74, 6) is 0.436. The van der Waals surface area contributed by atoms with E-state index in [0.29, 0.717) is 23.6 Å². The fourth-order valence-corrected chi connectivity index (χ4v) is 2.52. The molecule has 0 saturated carbocycles. The van der Waals surface area contributed by atoms with Gasteiger partial charge in [-0.1, -0.05) is 48.5 Å². The summed E-state index contributed by atoms with van der Waals surface area (Å²) in [6.45, 7) is 2.15. The molecule has 26 heavy (non-hydrogen) atoms. The molecule has 0 aliphatic heterocycles. The highest BCUT2D eigenvalue weighted by Gasteiger charge is 2.08. The van der Waals surface area contributed by atoms with Gasteiger partial charge in [0.25, 0.3) is 5.91 Å². The Morgan fingerprint density at radius 1 is 1.00 bits per heavy atom. The van der Waals surface area contributed by atoms with Crippen molar-refractivity contribution in [2.75, 3.05) is 5.32 Å². The van der Waals surface area contributed by atoms with Crippen molar-refractivity contribution in [3.8, 4) is 5.75 Å². The molecular formula is C22H21NO3. The molecule has 0 spiro atoms. The Bertz CT molecular complexity index is 858. The lowest BCUT2D eigenvalue weighted by Gasteiger charge is -2.10. The van der Waals surface area contributed by atoms with Gasteiger partial charge in [0.2, 0.25) is 0 Å². The predicted molar refractivity (Wildman–Crippen MR) is 102 cm³/mol. The van der Waals surface area contributed by atoms with Crippen molar-refractivity contribution < 1.29 is 14.6 Å². The van der Waals surface area contributed by atoms with Crippen LogP contribution in [0.4, 0.5) is 5.69 Å². The quantitative estimate of drug-likeness (QED) is 0.687. The molecule has 1 amide bonds. The lowest BCUT2D eigenvalue weighted by atomic mass is 10.1. The number of hydrogen-bond acceptors (Lipinski definition) is 3. The summed E-state index contributed by atoms with van der Waals surface area (Å²) in [4.78, 5) is 12.4. The van der Waals surface area contributed by atoms with E-state index in [1.54, 1.807) is 49.4 Å². The van der Waals surface area contributed by atoms with Crippen molar-refractivity contribution in [1.82, 2.24) is 0 Å². The van der Waals surface area contributed by atoms with Gasteiger partial charge in [0.15, 0.2) is 0 Å². The minimum absolute atomic E-state index is 0.208. The highest BCUT2D eigenvalue weighted by atomic mass is 16.5. The van der Waals surface area contributed by atoms with Crippen molar-refractivity contribution in [2.45, 2.75) is 19.6 Å². The van der Waals surface area contributed by atoms with Crippen molar-refractivity contribution in [1.29, 1.82) is 0 Å². The molecule has 0 aromatic heterocycles. The van der Waals surface area contributed by atoms with Crippen LogP contribution in [0.25, 0.3) is 0 Å². The van der Waals surface area contributed by atoms with Crippen LogP contribution >= 0.6 is 0 Å². The van der Waals surface area contributed by atoms with E-state index >= 15 is 0 Å². The number of aliphatic hydroxyl groups excluding tert-OH is 1. The summed E-state index contributed by atoms with van der Waals surface area (Å²) < 4.78 is 5.77. The van der Waals surface area contributed by atoms with Crippen LogP contribution in [0.5, 0.6) is 5.75 Å². The average Bonchev–Trinajstić information content (AvgIpc) is 2.68. The fraction of sp³-hybridized carbons (Fsp3) is 0.136. The predicted octanol–water partition coefficient (Wildman–Crippen LogP) is 4.57. The van der Waals surface area contributed by atoms with Crippen molar-refractivity contribution in [2.24, 2.45) is 0 Å². The highest BCUT2D eigenvalue weighted by molar-refractivity contribution is 6.04. The summed E-state index contributed by atoms with van der Waals surface area (Å²) >= 11 is 0. The van der Waals surface area contributed by atoms with Crippen LogP contribution in [0.3, 0.4) is 0 Å². The lowest BCUT2D eigenvalue weighted by molar-refractivity contribution is 0.102. The first kappa shape index (κ1) is 17.7. The van der Waals surface area contributed by atoms with Gasteiger partial charge in [-0.05, 0) is 48.4 Å². The van der Waals surface area contributed by atoms with Crippen molar-refractivity contribution in [3.63, 3.8) is 0 Å². The zero-order valence-corrected chi connectivity index (χ0v) is 14.6. The van der Waals surface area contributed by atoms with Crippen molar-refractivity contribution >= 4 is 11.6 Å². The number of amides is 1. The molecule has 0 unspecified atom stereocenters. The molecule has 4 heteroatoms. The van der Waals surface area contributed by atoms with Gasteiger partial charge in [0.1, 0.15) is 12.4 Å². The molecule has 0 saturated heterocycles. The number of aliphatic hydroxyl groups is 1. The van der Waals surface area contributed by atoms with Gasteiger partial charge in [-0.15, -0.1) is 0 Å². The van der Waals surface area contributed by atoms with Crippen LogP contribution in [0.2, 0.25) is 0 Å². The number of carbonyl (C=O) groups excluding carboxylic acids is 1. The summed E-state index contributed by atoms with van der Waals surface area (Å²) in [6, 6.07) is 24.1. The number of hydrogen-bond donors (Lipinski definition) is 2. The number of carbonyl (C=O) groups is 1. The van der Waals surface area contributed by atoms with Gasteiger partial charge >= 0.3 is 0 Å². The first-order valence-electron chi connectivity index (χ1n) is 8.48. The standard InChI is InChI=1S/C22H21NO3/c1-16(24)18-10-12-20(13-11-18)23-22(25)19-8-5-9-21(14-19)26-15-17-6-3-2-4-7-17/h2-14,16,24H,15H2,1H3,(H,23,25)/t16-/m1/s1. The van der Waals surface area contributed by atoms with Crippen LogP contribution in [-0.2, 0) is 6.61 Å². The fourth-order valence-electron chi connectivity index (χ4n) is 2.52. The van der Waals surface area contributed by atoms with E-state index < -0.39 is 6.10 Å². The lowest BCUT2D eigenvalue weighted by Crippen LogP contribution is -2.12. The molecule has 0 fully saturated rings. The summed E-state index contributed by atoms with van der Waals surface area (Å²) in [5, 5.41) is 12.4. The monoisotopic (exact) mass is 347 g/mol. The molecule has 3 aromatic rings. The highest BCUT2D eigenvalue weighted by Crippen LogP contribution is 2.19. The van der Waals surface area contributed by atoms with E-state index in [1.165, 1.54) is 0 Å². The largest absolute Gasteiger partial charge is 0.489 e. The second-order valence-electron chi connectivity index (χ2n) is 6.05. The first-order valence-corrected chi connectivity index (χ1v) is 8.48. The van der Waals surface area contributed by atoms with E-state index in [0.717, 1.165) is 11.1 Å². The molecule has 0 aliphatic carbocycles. The molecule has 0 heterocycles. The van der Waals surface area contributed by atoms with E-state index in [-0.39, 0.29) is 5.91 Å². The molecule has 4 nitrogen and oxygen atoms in total. The van der Waals surface area contributed by atoms with Crippen LogP contribution < -0.4 is 10.1 Å². The topological polar surface area (TPSA) is 58.6 Å². The van der Waals surface area contributed by atoms with Gasteiger partial charge in [0.05, 0.1) is 6.10 Å². The Morgan fingerprint density at radius 2 is 1.73 bits per heavy atom. The Labute approximate surface area is 153 Å². The van der Waals surface area contributed by atoms with E-state index in [9.17, 15) is 9.90 Å². The number of anilines is 1. The first-order chi connectivity index (χ1) is 12.6. The van der Waals surface area contributed by atoms with Crippen LogP contribution in [0, 0.1) is 0 Å². The average molecular weight is 347 g/mol. The molecule has 132 valence electrons. The maximum Gasteiger partial charge on any atom is 0.255 e. The summed E-state index contributed by atoms with van der Waals surface area (Å²) in [7, 11) is 0. The molecule has 3 aromatic carbocycles. The minimum Gasteiger partial charge on any atom is -0.489 e. The van der Waals surface area contributed by atoms with E-state index in [4.69, 9.17) is 4.74 Å². The second-order valence-corrected chi connectivity index (χ2v) is 6.05. The normalized spacial score (nSPS) is 11.6. The molecule has 0 aliphatic rings. The number of nitrogens with one attached hydrogen (secondary N) is 1. The Kier molecular flexibility index (Phi) is 5.66. The Balaban J connectivity index is 1.64. The third-order valence-corrected chi connectivity index (χ3v) is 4.00. The van der Waals surface area contributed by atoms with Crippen LogP contribution in [0.15, 0.2) is 78.9 Å². The number of rotatable bonds is 6. The molecular weight excluding hydrogens is 326 g/mol. The second kappa shape index (κ2) is 8.32. The van der Waals surface area contributed by atoms with Gasteiger partial charge in [0, 0.05) is 11.3 Å². The Morgan fingerprint density at radius 3 is 2.42 bits per heavy atom. The van der Waals surface area contributed by atoms with Gasteiger partial charge in [-0.3, -0.25) is 4.79 Å². The third kappa shape index (κ3) is 4.71. The zero-order chi connectivity index (χ0) is 18.4. The zero-order valence-electron chi connectivity index (χ0n) is 14.6. The summed E-state index contributed by atoms with van der Waals surface area (Å²) in [5.41, 5.74) is 3.07. The molecule has 1 atom stereocenters. The van der Waals surface area contributed by atoms with Gasteiger partial charge < -0.3 is 15.2 Å². The Hall–Kier alpha value is -3.11.